The highest BCUT2D eigenvalue weighted by atomic mass is 19.1. The number of piperidine rings is 1. The van der Waals surface area contributed by atoms with Crippen LogP contribution in [-0.2, 0) is 16.0 Å². The predicted octanol–water partition coefficient (Wildman–Crippen LogP) is 2.97. The van der Waals surface area contributed by atoms with Crippen LogP contribution < -0.4 is 10.2 Å². The molecule has 6 nitrogen and oxygen atoms in total. The maximum absolute atomic E-state index is 13.7. The molecule has 7 heteroatoms. The molecule has 2 aromatic carbocycles. The average Bonchev–Trinajstić information content (AvgIpc) is 2.75. The number of carbonyl (C=O) groups is 2. The first-order chi connectivity index (χ1) is 14.5. The Hall–Kier alpha value is -2.93. The van der Waals surface area contributed by atoms with Crippen molar-refractivity contribution in [1.82, 2.24) is 10.2 Å². The highest BCUT2D eigenvalue weighted by Crippen LogP contribution is 2.45. The van der Waals surface area contributed by atoms with Crippen molar-refractivity contribution in [3.63, 3.8) is 0 Å². The second kappa shape index (κ2) is 8.44. The third-order valence-electron chi connectivity index (χ3n) is 6.13. The van der Waals surface area contributed by atoms with E-state index in [2.05, 4.69) is 5.32 Å². The number of carbonyl (C=O) groups excluding carboxylic acids is 2. The van der Waals surface area contributed by atoms with E-state index in [0.29, 0.717) is 38.2 Å². The monoisotopic (exact) mass is 411 g/mol. The van der Waals surface area contributed by atoms with Gasteiger partial charge in [0.1, 0.15) is 5.82 Å². The van der Waals surface area contributed by atoms with Gasteiger partial charge in [-0.1, -0.05) is 36.4 Å². The quantitative estimate of drug-likeness (QED) is 0.770. The summed E-state index contributed by atoms with van der Waals surface area (Å²) in [5, 5.41) is 2.97. The Balaban J connectivity index is 1.37. The highest BCUT2D eigenvalue weighted by molar-refractivity contribution is 6.06. The molecule has 0 saturated carbocycles. The molecule has 3 amide bonds. The molecule has 2 aliphatic rings. The van der Waals surface area contributed by atoms with Gasteiger partial charge in [0.2, 0.25) is 0 Å². The first-order valence-electron chi connectivity index (χ1n) is 10.2. The summed E-state index contributed by atoms with van der Waals surface area (Å²) in [4.78, 5) is 28.6. The van der Waals surface area contributed by atoms with Crippen molar-refractivity contribution < 1.29 is 18.7 Å². The standard InChI is InChI=1S/C23H26FN3O3/c1-30-20-21(28)27(19-9-5-8-18(24)16-19)23(20)11-14-26(15-12-23)22(29)25-13-10-17-6-3-2-4-7-17/h2-9,16,20H,10-15H2,1H3,(H,25,29). The van der Waals surface area contributed by atoms with Gasteiger partial charge in [0.25, 0.3) is 5.91 Å². The molecule has 2 fully saturated rings. The summed E-state index contributed by atoms with van der Waals surface area (Å²) in [6, 6.07) is 16.0. The lowest BCUT2D eigenvalue weighted by Crippen LogP contribution is -2.78. The number of nitrogens with zero attached hydrogens (tertiary/aromatic N) is 2. The summed E-state index contributed by atoms with van der Waals surface area (Å²) in [7, 11) is 1.52. The molecule has 158 valence electrons. The van der Waals surface area contributed by atoms with Crippen molar-refractivity contribution >= 4 is 17.6 Å². The van der Waals surface area contributed by atoms with Crippen LogP contribution >= 0.6 is 0 Å². The van der Waals surface area contributed by atoms with Crippen LogP contribution in [0.25, 0.3) is 0 Å². The third kappa shape index (κ3) is 3.65. The molecule has 2 aromatic rings. The summed E-state index contributed by atoms with van der Waals surface area (Å²) in [6.07, 6.45) is 1.38. The van der Waals surface area contributed by atoms with Crippen LogP contribution in [0, 0.1) is 5.82 Å². The molecule has 0 bridgehead atoms. The number of rotatable bonds is 5. The first-order valence-corrected chi connectivity index (χ1v) is 10.2. The van der Waals surface area contributed by atoms with E-state index in [9.17, 15) is 14.0 Å². The van der Waals surface area contributed by atoms with Gasteiger partial charge in [-0.2, -0.15) is 0 Å². The minimum absolute atomic E-state index is 0.0993. The Labute approximate surface area is 175 Å². The number of amides is 3. The second-order valence-corrected chi connectivity index (χ2v) is 7.83. The van der Waals surface area contributed by atoms with Crippen molar-refractivity contribution in [2.75, 3.05) is 31.6 Å². The number of urea groups is 1. The summed E-state index contributed by atoms with van der Waals surface area (Å²) in [5.74, 6) is -0.546. The molecule has 1 atom stereocenters. The number of halogens is 1. The van der Waals surface area contributed by atoms with Crippen LogP contribution in [0.2, 0.25) is 0 Å². The minimum atomic E-state index is -0.566. The number of hydrogen-bond donors (Lipinski definition) is 1. The summed E-state index contributed by atoms with van der Waals surface area (Å²) < 4.78 is 19.2. The first kappa shape index (κ1) is 20.3. The summed E-state index contributed by atoms with van der Waals surface area (Å²) >= 11 is 0. The van der Waals surface area contributed by atoms with E-state index in [1.165, 1.54) is 24.8 Å². The van der Waals surface area contributed by atoms with Gasteiger partial charge >= 0.3 is 6.03 Å². The zero-order chi connectivity index (χ0) is 21.1. The Bertz CT molecular complexity index is 913. The fourth-order valence-electron chi connectivity index (χ4n) is 4.59. The normalized spacial score (nSPS) is 20.2. The maximum atomic E-state index is 13.7. The van der Waals surface area contributed by atoms with Crippen molar-refractivity contribution in [3.8, 4) is 0 Å². The molecule has 0 aromatic heterocycles. The molecule has 2 heterocycles. The van der Waals surface area contributed by atoms with Crippen molar-refractivity contribution in [2.45, 2.75) is 30.9 Å². The molecular formula is C23H26FN3O3. The van der Waals surface area contributed by atoms with Gasteiger partial charge in [0.15, 0.2) is 6.10 Å². The third-order valence-corrected chi connectivity index (χ3v) is 6.13. The fourth-order valence-corrected chi connectivity index (χ4v) is 4.59. The van der Waals surface area contributed by atoms with Crippen molar-refractivity contribution in [2.24, 2.45) is 0 Å². The van der Waals surface area contributed by atoms with E-state index in [0.717, 1.165) is 6.42 Å². The number of hydrogen-bond acceptors (Lipinski definition) is 3. The van der Waals surface area contributed by atoms with Crippen LogP contribution in [0.15, 0.2) is 54.6 Å². The number of β-lactam (4-membered cyclic amide) rings is 1. The summed E-state index contributed by atoms with van der Waals surface area (Å²) in [5.41, 5.74) is 1.17. The van der Waals surface area contributed by atoms with Crippen LogP contribution in [-0.4, -0.2) is 55.2 Å². The molecular weight excluding hydrogens is 385 g/mol. The topological polar surface area (TPSA) is 61.9 Å². The molecule has 4 rings (SSSR count). The van der Waals surface area contributed by atoms with Gasteiger partial charge in [-0.05, 0) is 43.0 Å². The average molecular weight is 411 g/mol. The lowest BCUT2D eigenvalue weighted by atomic mass is 9.72. The van der Waals surface area contributed by atoms with E-state index in [-0.39, 0.29) is 17.8 Å². The molecule has 0 aliphatic carbocycles. The number of methoxy groups -OCH3 is 1. The largest absolute Gasteiger partial charge is 0.369 e. The summed E-state index contributed by atoms with van der Waals surface area (Å²) in [6.45, 7) is 1.59. The lowest BCUT2D eigenvalue weighted by molar-refractivity contribution is -0.150. The van der Waals surface area contributed by atoms with Crippen LogP contribution in [0.5, 0.6) is 0 Å². The smallest absolute Gasteiger partial charge is 0.317 e. The molecule has 2 saturated heterocycles. The number of anilines is 1. The van der Waals surface area contributed by atoms with Gasteiger partial charge in [0, 0.05) is 32.4 Å². The Morgan fingerprint density at radius 2 is 1.90 bits per heavy atom. The Morgan fingerprint density at radius 1 is 1.17 bits per heavy atom. The number of likely N-dealkylation sites (tertiary alicyclic amines) is 1. The SMILES string of the molecule is COC1C(=O)N(c2cccc(F)c2)C12CCN(C(=O)NCCc1ccccc1)CC2. The molecule has 1 spiro atoms. The van der Waals surface area contributed by atoms with E-state index < -0.39 is 11.6 Å². The van der Waals surface area contributed by atoms with Crippen molar-refractivity contribution in [3.05, 3.63) is 66.0 Å². The predicted molar refractivity (Wildman–Crippen MR) is 112 cm³/mol. The minimum Gasteiger partial charge on any atom is -0.369 e. The Morgan fingerprint density at radius 3 is 2.57 bits per heavy atom. The lowest BCUT2D eigenvalue weighted by Gasteiger charge is -2.59. The molecule has 30 heavy (non-hydrogen) atoms. The van der Waals surface area contributed by atoms with Crippen molar-refractivity contribution in [1.29, 1.82) is 0 Å². The van der Waals surface area contributed by atoms with E-state index in [4.69, 9.17) is 4.74 Å². The molecule has 1 N–H and O–H groups in total. The van der Waals surface area contributed by atoms with Crippen LogP contribution in [0.1, 0.15) is 18.4 Å². The van der Waals surface area contributed by atoms with Gasteiger partial charge in [0.05, 0.1) is 5.54 Å². The van der Waals surface area contributed by atoms with Crippen LogP contribution in [0.4, 0.5) is 14.9 Å². The van der Waals surface area contributed by atoms with Gasteiger partial charge in [-0.3, -0.25) is 4.79 Å². The van der Waals surface area contributed by atoms with E-state index >= 15 is 0 Å². The number of nitrogens with one attached hydrogen (secondary N) is 1. The van der Waals surface area contributed by atoms with E-state index in [1.54, 1.807) is 21.9 Å². The molecule has 0 radical (unpaired) electrons. The van der Waals surface area contributed by atoms with Gasteiger partial charge < -0.3 is 19.9 Å². The number of ether oxygens (including phenoxy) is 1. The highest BCUT2D eigenvalue weighted by Gasteiger charge is 2.62. The second-order valence-electron chi connectivity index (χ2n) is 7.83. The van der Waals surface area contributed by atoms with Gasteiger partial charge in [-0.15, -0.1) is 0 Å². The zero-order valence-electron chi connectivity index (χ0n) is 17.0. The maximum Gasteiger partial charge on any atom is 0.317 e. The zero-order valence-corrected chi connectivity index (χ0v) is 17.0. The fraction of sp³-hybridized carbons (Fsp3) is 0.391. The molecule has 2 aliphatic heterocycles. The van der Waals surface area contributed by atoms with Crippen LogP contribution in [0.3, 0.4) is 0 Å². The van der Waals surface area contributed by atoms with E-state index in [1.807, 2.05) is 30.3 Å². The Kier molecular flexibility index (Phi) is 5.72. The van der Waals surface area contributed by atoms with Gasteiger partial charge in [-0.25, -0.2) is 9.18 Å². The molecule has 1 unspecified atom stereocenters. The number of benzene rings is 2.